The maximum absolute atomic E-state index is 2.44. The fraction of sp³-hybridized carbons (Fsp3) is 0.111. The van der Waals surface area contributed by atoms with Crippen molar-refractivity contribution in [3.63, 3.8) is 0 Å². The van der Waals surface area contributed by atoms with Gasteiger partial charge in [-0.05, 0) is 88.2 Å². The molecular formula is C45H38N2. The van der Waals surface area contributed by atoms with Crippen molar-refractivity contribution in [3.8, 4) is 0 Å². The Kier molecular flexibility index (Phi) is 6.95. The van der Waals surface area contributed by atoms with Crippen LogP contribution in [0.4, 0.5) is 34.1 Å². The number of rotatable bonds is 6. The molecule has 0 radical (unpaired) electrons. The van der Waals surface area contributed by atoms with E-state index in [1.807, 2.05) is 0 Å². The Hall–Kier alpha value is -5.60. The quantitative estimate of drug-likeness (QED) is 0.174. The van der Waals surface area contributed by atoms with Crippen LogP contribution in [0.1, 0.15) is 31.9 Å². The first-order valence-corrected chi connectivity index (χ1v) is 16.5. The Morgan fingerprint density at radius 3 is 1.06 bits per heavy atom. The number of anilines is 6. The molecule has 2 nitrogen and oxygen atoms in total. The Bertz CT molecular complexity index is 2090. The lowest BCUT2D eigenvalue weighted by Gasteiger charge is -2.34. The third kappa shape index (κ3) is 4.89. The first-order chi connectivity index (χ1) is 22.9. The molecule has 0 N–H and O–H groups in total. The first-order valence-electron chi connectivity index (χ1n) is 16.5. The summed E-state index contributed by atoms with van der Waals surface area (Å²) in [5.41, 5.74) is 9.51. The van der Waals surface area contributed by atoms with E-state index in [0.717, 1.165) is 22.7 Å². The smallest absolute Gasteiger partial charge is 0.0590 e. The summed E-state index contributed by atoms with van der Waals surface area (Å²) in [7, 11) is 0. The molecule has 0 heterocycles. The van der Waals surface area contributed by atoms with Crippen LogP contribution in [0, 0.1) is 6.92 Å². The zero-order chi connectivity index (χ0) is 32.1. The minimum Gasteiger partial charge on any atom is -0.310 e. The molecule has 8 aromatic rings. The van der Waals surface area contributed by atoms with Gasteiger partial charge in [-0.1, -0.05) is 130 Å². The van der Waals surface area contributed by atoms with E-state index >= 15 is 0 Å². The summed E-state index contributed by atoms with van der Waals surface area (Å²) in [6.45, 7) is 9.20. The molecule has 8 rings (SSSR count). The van der Waals surface area contributed by atoms with Crippen molar-refractivity contribution in [2.24, 2.45) is 0 Å². The van der Waals surface area contributed by atoms with Crippen LogP contribution < -0.4 is 9.80 Å². The van der Waals surface area contributed by atoms with Crippen molar-refractivity contribution in [2.45, 2.75) is 33.1 Å². The molecule has 0 aliphatic carbocycles. The zero-order valence-corrected chi connectivity index (χ0v) is 27.4. The molecule has 0 unspecified atom stereocenters. The third-order valence-corrected chi connectivity index (χ3v) is 9.44. The van der Waals surface area contributed by atoms with Gasteiger partial charge in [-0.3, -0.25) is 0 Å². The molecule has 0 amide bonds. The van der Waals surface area contributed by atoms with Crippen molar-refractivity contribution in [2.75, 3.05) is 9.80 Å². The van der Waals surface area contributed by atoms with Gasteiger partial charge in [-0.25, -0.2) is 0 Å². The van der Waals surface area contributed by atoms with Crippen LogP contribution >= 0.6 is 0 Å². The number of hydrogen-bond donors (Lipinski definition) is 0. The Morgan fingerprint density at radius 1 is 0.404 bits per heavy atom. The maximum atomic E-state index is 2.44. The van der Waals surface area contributed by atoms with E-state index in [1.54, 1.807) is 0 Å². The third-order valence-electron chi connectivity index (χ3n) is 9.44. The highest BCUT2D eigenvalue weighted by molar-refractivity contribution is 6.29. The largest absolute Gasteiger partial charge is 0.310 e. The normalized spacial score (nSPS) is 11.8. The lowest BCUT2D eigenvalue weighted by molar-refractivity contribution is 0.591. The lowest BCUT2D eigenvalue weighted by atomic mass is 9.82. The molecule has 2 heteroatoms. The van der Waals surface area contributed by atoms with Gasteiger partial charge in [0.1, 0.15) is 0 Å². The molecule has 0 saturated heterocycles. The molecule has 0 atom stereocenters. The van der Waals surface area contributed by atoms with Gasteiger partial charge in [0.2, 0.25) is 0 Å². The molecule has 47 heavy (non-hydrogen) atoms. The van der Waals surface area contributed by atoms with Gasteiger partial charge in [0, 0.05) is 38.9 Å². The highest BCUT2D eigenvalue weighted by Crippen LogP contribution is 2.52. The van der Waals surface area contributed by atoms with E-state index in [2.05, 4.69) is 195 Å². The number of nitrogens with zero attached hydrogens (tertiary/aromatic N) is 2. The van der Waals surface area contributed by atoms with E-state index in [0.29, 0.717) is 0 Å². The highest BCUT2D eigenvalue weighted by atomic mass is 15.2. The van der Waals surface area contributed by atoms with E-state index in [4.69, 9.17) is 0 Å². The summed E-state index contributed by atoms with van der Waals surface area (Å²) < 4.78 is 0. The lowest BCUT2D eigenvalue weighted by Crippen LogP contribution is -2.17. The van der Waals surface area contributed by atoms with Crippen LogP contribution in [0.3, 0.4) is 0 Å². The number of para-hydroxylation sites is 4. The standard InChI is InChI=1S/C45H38N2/c1-31-43(46(35-17-9-5-10-18-35)36-19-11-6-12-20-36)39-27-25-32-29-34(45(2,3)4)30-33-26-28-40(42(39)41(32)33)44(31)47(37-21-13-7-14-22-37)38-23-15-8-16-24-38/h5-30H,1-4H3. The second-order valence-electron chi connectivity index (χ2n) is 13.5. The average Bonchev–Trinajstić information content (AvgIpc) is 3.10. The van der Waals surface area contributed by atoms with Crippen molar-refractivity contribution in [1.82, 2.24) is 0 Å². The van der Waals surface area contributed by atoms with Gasteiger partial charge >= 0.3 is 0 Å². The molecule has 0 aliphatic heterocycles. The summed E-state index contributed by atoms with van der Waals surface area (Å²) in [5.74, 6) is 0. The highest BCUT2D eigenvalue weighted by Gasteiger charge is 2.28. The Balaban J connectivity index is 1.57. The SMILES string of the molecule is Cc1c(N(c2ccccc2)c2ccccc2)c2ccc3cc(C(C)(C)C)cc4ccc(c1N(c1ccccc1)c1ccccc1)c2c34. The van der Waals surface area contributed by atoms with Crippen LogP contribution in [-0.4, -0.2) is 0 Å². The fourth-order valence-electron chi connectivity index (χ4n) is 7.21. The second-order valence-corrected chi connectivity index (χ2v) is 13.5. The molecule has 0 spiro atoms. The fourth-order valence-corrected chi connectivity index (χ4v) is 7.21. The van der Waals surface area contributed by atoms with E-state index < -0.39 is 0 Å². The molecule has 0 bridgehead atoms. The van der Waals surface area contributed by atoms with Crippen LogP contribution in [-0.2, 0) is 5.41 Å². The second kappa shape index (κ2) is 11.3. The first kappa shape index (κ1) is 28.8. The molecule has 228 valence electrons. The van der Waals surface area contributed by atoms with Crippen LogP contribution in [0.15, 0.2) is 158 Å². The summed E-state index contributed by atoms with van der Waals surface area (Å²) in [4.78, 5) is 4.89. The van der Waals surface area contributed by atoms with E-state index in [1.165, 1.54) is 54.8 Å². The summed E-state index contributed by atoms with van der Waals surface area (Å²) >= 11 is 0. The maximum Gasteiger partial charge on any atom is 0.0590 e. The van der Waals surface area contributed by atoms with Gasteiger partial charge in [0.25, 0.3) is 0 Å². The van der Waals surface area contributed by atoms with Crippen molar-refractivity contribution in [3.05, 3.63) is 169 Å². The van der Waals surface area contributed by atoms with E-state index in [-0.39, 0.29) is 5.41 Å². The summed E-state index contributed by atoms with van der Waals surface area (Å²) in [6, 6.07) is 57.3. The minimum absolute atomic E-state index is 0.0478. The van der Waals surface area contributed by atoms with Crippen LogP contribution in [0.2, 0.25) is 0 Å². The number of benzene rings is 8. The Labute approximate surface area is 277 Å². The number of hydrogen-bond acceptors (Lipinski definition) is 2. The van der Waals surface area contributed by atoms with Gasteiger partial charge < -0.3 is 9.80 Å². The molecular weight excluding hydrogens is 569 g/mol. The predicted molar refractivity (Wildman–Crippen MR) is 203 cm³/mol. The van der Waals surface area contributed by atoms with Crippen molar-refractivity contribution in [1.29, 1.82) is 0 Å². The molecule has 0 saturated carbocycles. The van der Waals surface area contributed by atoms with Crippen LogP contribution in [0.5, 0.6) is 0 Å². The minimum atomic E-state index is 0.0478. The van der Waals surface area contributed by atoms with E-state index in [9.17, 15) is 0 Å². The van der Waals surface area contributed by atoms with Crippen LogP contribution in [0.25, 0.3) is 32.3 Å². The molecule has 0 aliphatic rings. The van der Waals surface area contributed by atoms with Gasteiger partial charge in [0.15, 0.2) is 0 Å². The van der Waals surface area contributed by atoms with Gasteiger partial charge in [-0.15, -0.1) is 0 Å². The average molecular weight is 607 g/mol. The van der Waals surface area contributed by atoms with Crippen molar-refractivity contribution < 1.29 is 0 Å². The topological polar surface area (TPSA) is 6.48 Å². The predicted octanol–water partition coefficient (Wildman–Crippen LogP) is 13.1. The monoisotopic (exact) mass is 606 g/mol. The Morgan fingerprint density at radius 2 is 0.745 bits per heavy atom. The summed E-state index contributed by atoms with van der Waals surface area (Å²) in [6.07, 6.45) is 0. The van der Waals surface area contributed by atoms with Gasteiger partial charge in [-0.2, -0.15) is 0 Å². The van der Waals surface area contributed by atoms with Crippen molar-refractivity contribution >= 4 is 66.4 Å². The molecule has 0 fully saturated rings. The summed E-state index contributed by atoms with van der Waals surface area (Å²) in [5, 5.41) is 7.67. The van der Waals surface area contributed by atoms with Gasteiger partial charge in [0.05, 0.1) is 11.4 Å². The molecule has 0 aromatic heterocycles. The molecule has 8 aromatic carbocycles. The zero-order valence-electron chi connectivity index (χ0n) is 27.4.